The van der Waals surface area contributed by atoms with Gasteiger partial charge in [0.1, 0.15) is 17.1 Å². The molecule has 3 atom stereocenters. The van der Waals surface area contributed by atoms with Gasteiger partial charge in [0.05, 0.1) is 10.0 Å². The monoisotopic (exact) mass is 601 g/mol. The molecule has 41 heavy (non-hydrogen) atoms. The second-order valence-electron chi connectivity index (χ2n) is 11.6. The minimum absolute atomic E-state index is 0. The molecule has 2 aromatic rings. The number of aromatic carboxylic acids is 1. The van der Waals surface area contributed by atoms with Crippen molar-refractivity contribution in [2.24, 2.45) is 11.8 Å². The normalized spacial score (nSPS) is 22.0. The quantitative estimate of drug-likeness (QED) is 0.366. The fourth-order valence-corrected chi connectivity index (χ4v) is 5.83. The van der Waals surface area contributed by atoms with Gasteiger partial charge >= 0.3 is 30.9 Å². The van der Waals surface area contributed by atoms with Crippen molar-refractivity contribution in [1.29, 1.82) is 0 Å². The summed E-state index contributed by atoms with van der Waals surface area (Å²) in [5, 5.41) is 16.2. The van der Waals surface area contributed by atoms with Crippen molar-refractivity contribution in [2.45, 2.75) is 58.2 Å². The van der Waals surface area contributed by atoms with Crippen LogP contribution in [0.4, 0.5) is 16.6 Å². The molecule has 4 heterocycles. The predicted molar refractivity (Wildman–Crippen MR) is 157 cm³/mol. The molecule has 5 rings (SSSR count). The van der Waals surface area contributed by atoms with Crippen LogP contribution in [0.5, 0.6) is 0 Å². The number of fused-ring (bicyclic) bond motifs is 1. The van der Waals surface area contributed by atoms with E-state index in [-0.39, 0.29) is 65.1 Å². The SMILES string of the molecule is Cc1[nH]c(C(=O)N[C@H]2[C@@H]3CN(c4cc(C(=O)O)nc(N5CCC(NC(=O)OC(C)(C)C)CC5)n4)C[C@@H]32)c(Cl)c1Cl.[LiH]. The van der Waals surface area contributed by atoms with Crippen molar-refractivity contribution in [3.63, 3.8) is 0 Å². The fourth-order valence-electron chi connectivity index (χ4n) is 5.41. The number of carboxylic acid groups (broad SMARTS) is 1. The summed E-state index contributed by atoms with van der Waals surface area (Å²) in [5.74, 6) is -0.0925. The Kier molecular flexibility index (Phi) is 9.09. The Hall–Kier alpha value is -2.65. The van der Waals surface area contributed by atoms with Crippen LogP contribution >= 0.6 is 23.2 Å². The number of aromatic nitrogens is 3. The van der Waals surface area contributed by atoms with Crippen LogP contribution < -0.4 is 20.4 Å². The fraction of sp³-hybridized carbons (Fsp3) is 0.577. The minimum atomic E-state index is -1.13. The van der Waals surface area contributed by atoms with Crippen LogP contribution in [-0.2, 0) is 4.74 Å². The number of aromatic amines is 1. The molecule has 1 aliphatic carbocycles. The Morgan fingerprint density at radius 3 is 2.22 bits per heavy atom. The number of rotatable bonds is 6. The summed E-state index contributed by atoms with van der Waals surface area (Å²) in [5.41, 5.74) is 0.240. The summed E-state index contributed by atoms with van der Waals surface area (Å²) in [6.45, 7) is 9.58. The van der Waals surface area contributed by atoms with Crippen LogP contribution in [0, 0.1) is 18.8 Å². The molecule has 2 amide bonds. The molecule has 15 heteroatoms. The summed E-state index contributed by atoms with van der Waals surface area (Å²) in [4.78, 5) is 52.6. The summed E-state index contributed by atoms with van der Waals surface area (Å²) >= 11 is 12.3. The molecular weight excluding hydrogens is 568 g/mol. The number of hydrogen-bond acceptors (Lipinski definition) is 8. The van der Waals surface area contributed by atoms with E-state index in [2.05, 4.69) is 20.6 Å². The van der Waals surface area contributed by atoms with Crippen molar-refractivity contribution in [1.82, 2.24) is 25.6 Å². The predicted octanol–water partition coefficient (Wildman–Crippen LogP) is 2.83. The average molecular weight is 602 g/mol. The number of hydrogen-bond donors (Lipinski definition) is 4. The van der Waals surface area contributed by atoms with E-state index >= 15 is 0 Å². The molecule has 3 fully saturated rings. The summed E-state index contributed by atoms with van der Waals surface area (Å²) in [6, 6.07) is 1.44. The molecule has 1 saturated carbocycles. The number of piperidine rings is 2. The molecule has 218 valence electrons. The van der Waals surface area contributed by atoms with E-state index in [1.165, 1.54) is 6.07 Å². The van der Waals surface area contributed by atoms with Crippen LogP contribution in [0.2, 0.25) is 10.0 Å². The second-order valence-corrected chi connectivity index (χ2v) is 12.4. The van der Waals surface area contributed by atoms with E-state index in [0.717, 1.165) is 0 Å². The second kappa shape index (κ2) is 11.9. The van der Waals surface area contributed by atoms with Crippen LogP contribution in [-0.4, -0.2) is 101 Å². The number of H-pyrrole nitrogens is 1. The van der Waals surface area contributed by atoms with Crippen molar-refractivity contribution in [3.8, 4) is 0 Å². The number of alkyl carbamates (subject to hydrolysis) is 1. The van der Waals surface area contributed by atoms with Gasteiger partial charge in [0, 0.05) is 61.9 Å². The number of nitrogens with zero attached hydrogens (tertiary/aromatic N) is 4. The zero-order valence-electron chi connectivity index (χ0n) is 22.8. The Morgan fingerprint density at radius 2 is 1.68 bits per heavy atom. The maximum atomic E-state index is 12.7. The van der Waals surface area contributed by atoms with Gasteiger partial charge in [0.2, 0.25) is 5.95 Å². The topological polar surface area (TPSA) is 153 Å². The van der Waals surface area contributed by atoms with Gasteiger partial charge in [-0.25, -0.2) is 14.6 Å². The molecule has 0 spiro atoms. The van der Waals surface area contributed by atoms with E-state index < -0.39 is 17.7 Å². The van der Waals surface area contributed by atoms with Crippen molar-refractivity contribution >= 4 is 71.8 Å². The van der Waals surface area contributed by atoms with E-state index in [4.69, 9.17) is 32.9 Å². The molecule has 4 N–H and O–H groups in total. The Labute approximate surface area is 260 Å². The van der Waals surface area contributed by atoms with Gasteiger partial charge in [0.15, 0.2) is 5.69 Å². The van der Waals surface area contributed by atoms with Crippen molar-refractivity contribution < 1.29 is 24.2 Å². The van der Waals surface area contributed by atoms with E-state index in [1.54, 1.807) is 6.92 Å². The summed E-state index contributed by atoms with van der Waals surface area (Å²) in [7, 11) is 0. The zero-order valence-corrected chi connectivity index (χ0v) is 24.3. The molecular formula is C26H34Cl2LiN7O5. The standard InChI is InChI=1S/C26H33Cl2N7O5.Li.H/c1-12-18(27)19(28)21(29-12)22(36)33-20-14-10-35(11-15(14)20)17-9-16(23(37)38)31-24(32-17)34-7-5-13(6-8-34)30-25(39)40-26(2,3)4;;/h9,13-15,20,29H,5-8,10-11H2,1-4H3,(H,30,39)(H,33,36)(H,37,38);;/t14-,15+,20+;;. The third-order valence-corrected chi connectivity index (χ3v) is 8.46. The van der Waals surface area contributed by atoms with Crippen LogP contribution in [0.15, 0.2) is 6.07 Å². The molecule has 0 unspecified atom stereocenters. The molecule has 2 aliphatic heterocycles. The van der Waals surface area contributed by atoms with Gasteiger partial charge in [-0.05, 0) is 40.5 Å². The van der Waals surface area contributed by atoms with Gasteiger partial charge in [-0.3, -0.25) is 4.79 Å². The maximum absolute atomic E-state index is 12.7. The number of carbonyl (C=O) groups excluding carboxylic acids is 2. The number of amides is 2. The number of nitrogens with one attached hydrogen (secondary N) is 3. The average Bonchev–Trinajstić information content (AvgIpc) is 3.18. The van der Waals surface area contributed by atoms with E-state index in [1.807, 2.05) is 30.6 Å². The third kappa shape index (κ3) is 6.88. The molecule has 2 aromatic heterocycles. The Balaban J connectivity index is 0.00000387. The zero-order chi connectivity index (χ0) is 28.9. The molecule has 2 saturated heterocycles. The van der Waals surface area contributed by atoms with Gasteiger partial charge in [-0.1, -0.05) is 23.2 Å². The molecule has 0 aromatic carbocycles. The Bertz CT molecular complexity index is 1330. The molecule has 0 radical (unpaired) electrons. The number of anilines is 2. The number of aryl methyl sites for hydroxylation is 1. The number of halogens is 2. The van der Waals surface area contributed by atoms with Crippen LogP contribution in [0.3, 0.4) is 0 Å². The number of carbonyl (C=O) groups is 3. The first-order valence-corrected chi connectivity index (χ1v) is 14.0. The Morgan fingerprint density at radius 1 is 1.05 bits per heavy atom. The molecule has 3 aliphatic rings. The number of carboxylic acids is 1. The van der Waals surface area contributed by atoms with Crippen LogP contribution in [0.1, 0.15) is 60.3 Å². The third-order valence-electron chi connectivity index (χ3n) is 7.52. The van der Waals surface area contributed by atoms with Crippen molar-refractivity contribution in [2.75, 3.05) is 36.0 Å². The van der Waals surface area contributed by atoms with Gasteiger partial charge < -0.3 is 35.3 Å². The van der Waals surface area contributed by atoms with E-state index in [0.29, 0.717) is 61.5 Å². The first-order valence-electron chi connectivity index (χ1n) is 13.3. The first-order chi connectivity index (χ1) is 18.8. The van der Waals surface area contributed by atoms with E-state index in [9.17, 15) is 19.5 Å². The number of ether oxygens (including phenoxy) is 1. The van der Waals surface area contributed by atoms with Crippen molar-refractivity contribution in [3.05, 3.63) is 33.2 Å². The molecule has 0 bridgehead atoms. The van der Waals surface area contributed by atoms with Gasteiger partial charge in [-0.15, -0.1) is 0 Å². The van der Waals surface area contributed by atoms with Gasteiger partial charge in [-0.2, -0.15) is 4.98 Å². The van der Waals surface area contributed by atoms with Gasteiger partial charge in [0.25, 0.3) is 5.91 Å². The molecule has 12 nitrogen and oxygen atoms in total. The van der Waals surface area contributed by atoms with Crippen LogP contribution in [0.25, 0.3) is 0 Å². The summed E-state index contributed by atoms with van der Waals surface area (Å²) in [6.07, 6.45) is 0.856. The first kappa shape index (κ1) is 31.3. The summed E-state index contributed by atoms with van der Waals surface area (Å²) < 4.78 is 5.35.